The molecule has 0 saturated carbocycles. The van der Waals surface area contributed by atoms with Gasteiger partial charge in [0.15, 0.2) is 12.6 Å². The van der Waals surface area contributed by atoms with Crippen molar-refractivity contribution in [3.05, 3.63) is 29.6 Å². The predicted octanol–water partition coefficient (Wildman–Crippen LogP) is 4.56. The normalized spacial score (nSPS) is 24.2. The van der Waals surface area contributed by atoms with Gasteiger partial charge in [0.05, 0.1) is 5.56 Å². The van der Waals surface area contributed by atoms with Crippen molar-refractivity contribution >= 4 is 11.9 Å². The summed E-state index contributed by atoms with van der Waals surface area (Å²) in [5.41, 5.74) is -0.489. The number of amides is 1. The number of halogens is 1. The number of rotatable bonds is 5. The summed E-state index contributed by atoms with van der Waals surface area (Å²) in [5.74, 6) is -0.786. The molecule has 6 nitrogen and oxygen atoms in total. The van der Waals surface area contributed by atoms with Crippen molar-refractivity contribution in [3.8, 4) is 5.75 Å². The number of nitrogens with zero attached hydrogens (tertiary/aromatic N) is 1. The van der Waals surface area contributed by atoms with E-state index in [0.717, 1.165) is 19.3 Å². The minimum absolute atomic E-state index is 0.0131. The highest BCUT2D eigenvalue weighted by molar-refractivity contribution is 5.98. The minimum Gasteiger partial charge on any atom is -0.467 e. The first kappa shape index (κ1) is 21.6. The van der Waals surface area contributed by atoms with Crippen LogP contribution in [0.15, 0.2) is 18.2 Å². The molecular formula is C22H30FNO5. The molecule has 0 aliphatic carbocycles. The monoisotopic (exact) mass is 407 g/mol. The largest absolute Gasteiger partial charge is 0.467 e. The fourth-order valence-electron chi connectivity index (χ4n) is 4.34. The topological polar surface area (TPSA) is 65.1 Å². The molecule has 0 spiro atoms. The van der Waals surface area contributed by atoms with Crippen LogP contribution in [0.25, 0.3) is 0 Å². The van der Waals surface area contributed by atoms with Crippen molar-refractivity contribution in [1.29, 1.82) is 0 Å². The van der Waals surface area contributed by atoms with Crippen molar-refractivity contribution < 1.29 is 28.2 Å². The van der Waals surface area contributed by atoms with Crippen LogP contribution in [-0.4, -0.2) is 48.4 Å². The molecule has 1 aromatic rings. The summed E-state index contributed by atoms with van der Waals surface area (Å²) in [6.07, 6.45) is 3.46. The zero-order valence-electron chi connectivity index (χ0n) is 17.6. The lowest BCUT2D eigenvalue weighted by molar-refractivity contribution is -0.0261. The Morgan fingerprint density at radius 2 is 1.83 bits per heavy atom. The van der Waals surface area contributed by atoms with E-state index in [1.54, 1.807) is 6.07 Å². The van der Waals surface area contributed by atoms with E-state index in [0.29, 0.717) is 18.6 Å². The molecule has 3 rings (SSSR count). The van der Waals surface area contributed by atoms with Gasteiger partial charge in [-0.15, -0.1) is 0 Å². The highest BCUT2D eigenvalue weighted by Gasteiger charge is 2.44. The Morgan fingerprint density at radius 1 is 1.17 bits per heavy atom. The number of carbonyl (C=O) groups is 2. The van der Waals surface area contributed by atoms with Gasteiger partial charge in [-0.25, -0.2) is 9.18 Å². The lowest BCUT2D eigenvalue weighted by Crippen LogP contribution is -2.56. The summed E-state index contributed by atoms with van der Waals surface area (Å²) in [6.45, 7) is 5.55. The summed E-state index contributed by atoms with van der Waals surface area (Å²) in [6, 6.07) is 4.17. The third kappa shape index (κ3) is 5.07. The van der Waals surface area contributed by atoms with Crippen molar-refractivity contribution in [2.24, 2.45) is 5.92 Å². The molecule has 0 radical (unpaired) electrons. The third-order valence-electron chi connectivity index (χ3n) is 5.50. The van der Waals surface area contributed by atoms with Gasteiger partial charge in [0.2, 0.25) is 0 Å². The summed E-state index contributed by atoms with van der Waals surface area (Å²) in [5, 5.41) is 0. The van der Waals surface area contributed by atoms with Gasteiger partial charge in [0, 0.05) is 31.2 Å². The molecular weight excluding hydrogens is 377 g/mol. The van der Waals surface area contributed by atoms with E-state index in [9.17, 15) is 14.0 Å². The van der Waals surface area contributed by atoms with Gasteiger partial charge in [0.1, 0.15) is 17.2 Å². The quantitative estimate of drug-likeness (QED) is 0.529. The molecule has 0 aromatic heterocycles. The van der Waals surface area contributed by atoms with E-state index in [-0.39, 0.29) is 42.2 Å². The van der Waals surface area contributed by atoms with Crippen LogP contribution in [0.1, 0.15) is 63.2 Å². The predicted molar refractivity (Wildman–Crippen MR) is 105 cm³/mol. The smallest absolute Gasteiger partial charge is 0.410 e. The van der Waals surface area contributed by atoms with Gasteiger partial charge in [-0.2, -0.15) is 0 Å². The number of carbonyl (C=O) groups excluding carboxylic acids is 2. The molecule has 160 valence electrons. The molecule has 0 N–H and O–H groups in total. The highest BCUT2D eigenvalue weighted by Crippen LogP contribution is 2.39. The molecule has 2 saturated heterocycles. The van der Waals surface area contributed by atoms with Crippen LogP contribution < -0.4 is 4.74 Å². The van der Waals surface area contributed by atoms with Crippen LogP contribution in [0.5, 0.6) is 5.75 Å². The van der Waals surface area contributed by atoms with Crippen LogP contribution in [0.3, 0.4) is 0 Å². The second-order valence-electron chi connectivity index (χ2n) is 8.85. The van der Waals surface area contributed by atoms with Crippen LogP contribution in [0.4, 0.5) is 9.18 Å². The van der Waals surface area contributed by atoms with Gasteiger partial charge < -0.3 is 19.1 Å². The molecule has 2 fully saturated rings. The second-order valence-corrected chi connectivity index (χ2v) is 8.85. The molecule has 2 aliphatic heterocycles. The van der Waals surface area contributed by atoms with Gasteiger partial charge in [-0.1, -0.05) is 0 Å². The fraction of sp³-hybridized carbons (Fsp3) is 0.636. The Labute approximate surface area is 171 Å². The average Bonchev–Trinajstić information content (AvgIpc) is 2.63. The molecule has 2 heterocycles. The van der Waals surface area contributed by atoms with E-state index in [1.807, 2.05) is 25.7 Å². The van der Waals surface area contributed by atoms with Gasteiger partial charge in [0.25, 0.3) is 0 Å². The summed E-state index contributed by atoms with van der Waals surface area (Å²) < 4.78 is 30.1. The Kier molecular flexibility index (Phi) is 6.46. The third-order valence-corrected chi connectivity index (χ3v) is 5.50. The van der Waals surface area contributed by atoms with Gasteiger partial charge >= 0.3 is 6.09 Å². The number of Topliss-reactive ketones (excluding diaryl/α,β-unsaturated/α-hetero) is 1. The molecule has 7 heteroatoms. The van der Waals surface area contributed by atoms with E-state index in [1.165, 1.54) is 19.2 Å². The van der Waals surface area contributed by atoms with Gasteiger partial charge in [-0.05, 0) is 65.0 Å². The van der Waals surface area contributed by atoms with Crippen molar-refractivity contribution in [2.45, 2.75) is 70.6 Å². The Bertz CT molecular complexity index is 746. The molecule has 2 unspecified atom stereocenters. The van der Waals surface area contributed by atoms with E-state index >= 15 is 0 Å². The zero-order valence-corrected chi connectivity index (χ0v) is 17.6. The van der Waals surface area contributed by atoms with Crippen molar-refractivity contribution in [2.75, 3.05) is 13.9 Å². The fourth-order valence-corrected chi connectivity index (χ4v) is 4.34. The molecule has 2 bridgehead atoms. The summed E-state index contributed by atoms with van der Waals surface area (Å²) >= 11 is 0. The Morgan fingerprint density at radius 3 is 2.38 bits per heavy atom. The molecule has 1 amide bonds. The van der Waals surface area contributed by atoms with Crippen LogP contribution in [-0.2, 0) is 9.47 Å². The number of piperidine rings is 2. The standard InChI is InChI=1S/C22H30FNO5/c1-22(2,3)29-21(26)24-15-6-5-7-16(24)11-14(10-15)20(25)18-9-8-17(12-19(18)23)28-13-27-4/h8-9,12,14-16H,5-7,10-11,13H2,1-4H3. The number of hydrogen-bond donors (Lipinski definition) is 0. The first-order valence-electron chi connectivity index (χ1n) is 10.2. The Hall–Kier alpha value is -2.15. The molecule has 2 atom stereocenters. The zero-order chi connectivity index (χ0) is 21.2. The number of hydrogen-bond acceptors (Lipinski definition) is 5. The van der Waals surface area contributed by atoms with Crippen LogP contribution in [0.2, 0.25) is 0 Å². The first-order chi connectivity index (χ1) is 13.7. The SMILES string of the molecule is COCOc1ccc(C(=O)C2CC3CCCC(C2)N3C(=O)OC(C)(C)C)c(F)c1. The average molecular weight is 407 g/mol. The minimum atomic E-state index is -0.594. The summed E-state index contributed by atoms with van der Waals surface area (Å²) in [4.78, 5) is 27.5. The maximum atomic E-state index is 14.5. The Balaban J connectivity index is 1.72. The van der Waals surface area contributed by atoms with Crippen LogP contribution >= 0.6 is 0 Å². The maximum absolute atomic E-state index is 14.5. The maximum Gasteiger partial charge on any atom is 0.410 e. The van der Waals surface area contributed by atoms with E-state index < -0.39 is 11.4 Å². The highest BCUT2D eigenvalue weighted by atomic mass is 19.1. The van der Waals surface area contributed by atoms with Crippen molar-refractivity contribution in [1.82, 2.24) is 4.90 Å². The molecule has 29 heavy (non-hydrogen) atoms. The number of ketones is 1. The lowest BCUT2D eigenvalue weighted by Gasteiger charge is -2.48. The number of fused-ring (bicyclic) bond motifs is 2. The second kappa shape index (κ2) is 8.69. The first-order valence-corrected chi connectivity index (χ1v) is 10.2. The van der Waals surface area contributed by atoms with Crippen LogP contribution in [0, 0.1) is 11.7 Å². The van der Waals surface area contributed by atoms with Gasteiger partial charge in [-0.3, -0.25) is 4.79 Å². The number of ether oxygens (including phenoxy) is 3. The number of methoxy groups -OCH3 is 1. The lowest BCUT2D eigenvalue weighted by atomic mass is 9.76. The van der Waals surface area contributed by atoms with Crippen molar-refractivity contribution in [3.63, 3.8) is 0 Å². The van der Waals surface area contributed by atoms with E-state index in [4.69, 9.17) is 14.2 Å². The number of benzene rings is 1. The summed E-state index contributed by atoms with van der Waals surface area (Å²) in [7, 11) is 1.48. The van der Waals surface area contributed by atoms with E-state index in [2.05, 4.69) is 0 Å². The molecule has 2 aliphatic rings. The molecule has 1 aromatic carbocycles.